The summed E-state index contributed by atoms with van der Waals surface area (Å²) in [5, 5.41) is 4.16. The Bertz CT molecular complexity index is 1440. The SMILES string of the molecule is CC(C)NC(=O)[C@H](Cc1ccccc1)N(Cc1ccc(Cl)c(Cl)c1)C(=O)CCCN(c1ccc(Cl)cc1)S(C)(=O)=O. The smallest absolute Gasteiger partial charge is 0.243 e. The molecular weight excluding hydrogens is 605 g/mol. The van der Waals surface area contributed by atoms with E-state index in [1.165, 1.54) is 9.21 Å². The standard InChI is InChI=1S/C30H34Cl3N3O4S/c1-21(2)34-30(38)28(19-22-8-5-4-6-9-22)35(20-23-11-16-26(32)27(33)18-23)29(37)10-7-17-36(41(3,39)40)25-14-12-24(31)13-15-25/h4-6,8-9,11-16,18,21,28H,7,10,17,19-20H2,1-3H3,(H,34,38)/t28-/m0/s1. The van der Waals surface area contributed by atoms with E-state index in [0.29, 0.717) is 32.7 Å². The van der Waals surface area contributed by atoms with Crippen molar-refractivity contribution >= 4 is 62.3 Å². The van der Waals surface area contributed by atoms with E-state index in [1.807, 2.05) is 44.2 Å². The van der Waals surface area contributed by atoms with Crippen molar-refractivity contribution in [3.8, 4) is 0 Å². The van der Waals surface area contributed by atoms with Crippen LogP contribution in [-0.2, 0) is 32.6 Å². The molecule has 0 bridgehead atoms. The van der Waals surface area contributed by atoms with E-state index in [1.54, 1.807) is 42.5 Å². The van der Waals surface area contributed by atoms with Gasteiger partial charge in [-0.1, -0.05) is 71.2 Å². The normalized spacial score (nSPS) is 12.2. The monoisotopic (exact) mass is 637 g/mol. The summed E-state index contributed by atoms with van der Waals surface area (Å²) in [5.41, 5.74) is 2.06. The number of halogens is 3. The number of carbonyl (C=O) groups is 2. The summed E-state index contributed by atoms with van der Waals surface area (Å²) >= 11 is 18.3. The van der Waals surface area contributed by atoms with Gasteiger partial charge in [0, 0.05) is 37.0 Å². The van der Waals surface area contributed by atoms with E-state index >= 15 is 0 Å². The summed E-state index contributed by atoms with van der Waals surface area (Å²) in [6.07, 6.45) is 1.66. The molecule has 1 atom stereocenters. The van der Waals surface area contributed by atoms with Crippen molar-refractivity contribution in [2.45, 2.75) is 51.7 Å². The molecule has 3 aromatic rings. The van der Waals surface area contributed by atoms with Gasteiger partial charge in [0.25, 0.3) is 0 Å². The lowest BCUT2D eigenvalue weighted by molar-refractivity contribution is -0.141. The van der Waals surface area contributed by atoms with Crippen molar-refractivity contribution < 1.29 is 18.0 Å². The highest BCUT2D eigenvalue weighted by Gasteiger charge is 2.31. The Balaban J connectivity index is 1.90. The lowest BCUT2D eigenvalue weighted by atomic mass is 10.0. The highest BCUT2D eigenvalue weighted by Crippen LogP contribution is 2.25. The van der Waals surface area contributed by atoms with Gasteiger partial charge in [-0.2, -0.15) is 0 Å². The molecule has 0 saturated heterocycles. The third-order valence-corrected chi connectivity index (χ3v) is 8.49. The number of carbonyl (C=O) groups excluding carboxylic acids is 2. The van der Waals surface area contributed by atoms with Crippen LogP contribution in [0.4, 0.5) is 5.69 Å². The van der Waals surface area contributed by atoms with Crippen LogP contribution in [0.5, 0.6) is 0 Å². The Morgan fingerprint density at radius 3 is 2.12 bits per heavy atom. The van der Waals surface area contributed by atoms with Gasteiger partial charge in [-0.05, 0) is 67.8 Å². The first kappa shape index (κ1) is 32.7. The zero-order chi connectivity index (χ0) is 30.2. The maximum Gasteiger partial charge on any atom is 0.243 e. The second kappa shape index (κ2) is 14.9. The Kier molecular flexibility index (Phi) is 11.9. The predicted molar refractivity (Wildman–Crippen MR) is 167 cm³/mol. The summed E-state index contributed by atoms with van der Waals surface area (Å²) in [5.74, 6) is -0.573. The number of anilines is 1. The van der Waals surface area contributed by atoms with Gasteiger partial charge in [-0.3, -0.25) is 13.9 Å². The first-order valence-corrected chi connectivity index (χ1v) is 16.1. The van der Waals surface area contributed by atoms with Gasteiger partial charge in [-0.25, -0.2) is 8.42 Å². The number of nitrogens with zero attached hydrogens (tertiary/aromatic N) is 2. The van der Waals surface area contributed by atoms with Crippen molar-refractivity contribution in [1.82, 2.24) is 10.2 Å². The third kappa shape index (κ3) is 9.92. The van der Waals surface area contributed by atoms with Crippen LogP contribution in [0.3, 0.4) is 0 Å². The summed E-state index contributed by atoms with van der Waals surface area (Å²) in [6, 6.07) is 20.1. The van der Waals surface area contributed by atoms with E-state index < -0.39 is 16.1 Å². The van der Waals surface area contributed by atoms with Gasteiger partial charge in [0.05, 0.1) is 22.0 Å². The summed E-state index contributed by atoms with van der Waals surface area (Å²) < 4.78 is 26.3. The largest absolute Gasteiger partial charge is 0.352 e. The average Bonchev–Trinajstić information content (AvgIpc) is 2.90. The van der Waals surface area contributed by atoms with Crippen LogP contribution in [-0.4, -0.2) is 50.0 Å². The number of rotatable bonds is 13. The van der Waals surface area contributed by atoms with Crippen molar-refractivity contribution in [2.24, 2.45) is 0 Å². The average molecular weight is 639 g/mol. The number of amides is 2. The zero-order valence-corrected chi connectivity index (χ0v) is 26.3. The van der Waals surface area contributed by atoms with Gasteiger partial charge >= 0.3 is 0 Å². The van der Waals surface area contributed by atoms with Gasteiger partial charge in [0.2, 0.25) is 21.8 Å². The second-order valence-corrected chi connectivity index (χ2v) is 13.2. The third-order valence-electron chi connectivity index (χ3n) is 6.31. The van der Waals surface area contributed by atoms with Gasteiger partial charge in [0.15, 0.2) is 0 Å². The van der Waals surface area contributed by atoms with Crippen molar-refractivity contribution in [3.05, 3.63) is 99.0 Å². The van der Waals surface area contributed by atoms with Crippen molar-refractivity contribution in [3.63, 3.8) is 0 Å². The Morgan fingerprint density at radius 2 is 1.54 bits per heavy atom. The molecule has 3 rings (SSSR count). The van der Waals surface area contributed by atoms with E-state index in [-0.39, 0.29) is 43.8 Å². The molecule has 0 radical (unpaired) electrons. The molecule has 1 N–H and O–H groups in total. The van der Waals surface area contributed by atoms with Crippen LogP contribution in [0.2, 0.25) is 15.1 Å². The highest BCUT2D eigenvalue weighted by atomic mass is 35.5. The maximum atomic E-state index is 13.8. The van der Waals surface area contributed by atoms with Crippen molar-refractivity contribution in [1.29, 1.82) is 0 Å². The molecule has 2 amide bonds. The number of nitrogens with one attached hydrogen (secondary N) is 1. The quantitative estimate of drug-likeness (QED) is 0.236. The molecule has 0 saturated carbocycles. The maximum absolute atomic E-state index is 13.8. The molecule has 0 aromatic heterocycles. The summed E-state index contributed by atoms with van der Waals surface area (Å²) in [6.45, 7) is 3.92. The van der Waals surface area contributed by atoms with Crippen LogP contribution in [0.1, 0.15) is 37.8 Å². The topological polar surface area (TPSA) is 86.8 Å². The molecule has 0 spiro atoms. The van der Waals surface area contributed by atoms with Crippen LogP contribution >= 0.6 is 34.8 Å². The Hall–Kier alpha value is -2.78. The number of benzene rings is 3. The summed E-state index contributed by atoms with van der Waals surface area (Å²) in [7, 11) is -3.62. The molecule has 0 heterocycles. The molecular formula is C30H34Cl3N3O4S. The molecule has 0 aliphatic rings. The molecule has 7 nitrogen and oxygen atoms in total. The predicted octanol–water partition coefficient (Wildman–Crippen LogP) is 6.36. The lowest BCUT2D eigenvalue weighted by Gasteiger charge is -2.32. The van der Waals surface area contributed by atoms with E-state index in [2.05, 4.69) is 5.32 Å². The van der Waals surface area contributed by atoms with Crippen LogP contribution in [0, 0.1) is 0 Å². The number of sulfonamides is 1. The minimum atomic E-state index is -3.62. The fourth-order valence-corrected chi connectivity index (χ4v) is 5.79. The van der Waals surface area contributed by atoms with Crippen LogP contribution in [0.25, 0.3) is 0 Å². The second-order valence-electron chi connectivity index (χ2n) is 10.1. The summed E-state index contributed by atoms with van der Waals surface area (Å²) in [4.78, 5) is 28.9. The molecule has 0 aliphatic heterocycles. The molecule has 11 heteroatoms. The zero-order valence-electron chi connectivity index (χ0n) is 23.2. The van der Waals surface area contributed by atoms with Crippen LogP contribution in [0.15, 0.2) is 72.8 Å². The van der Waals surface area contributed by atoms with Crippen molar-refractivity contribution in [2.75, 3.05) is 17.1 Å². The lowest BCUT2D eigenvalue weighted by Crippen LogP contribution is -2.51. The first-order chi connectivity index (χ1) is 19.3. The minimum Gasteiger partial charge on any atom is -0.352 e. The minimum absolute atomic E-state index is 0.0151. The van der Waals surface area contributed by atoms with E-state index in [9.17, 15) is 18.0 Å². The van der Waals surface area contributed by atoms with E-state index in [4.69, 9.17) is 34.8 Å². The molecule has 220 valence electrons. The molecule has 0 fully saturated rings. The molecule has 0 aliphatic carbocycles. The Labute approximate surface area is 257 Å². The van der Waals surface area contributed by atoms with Gasteiger partial charge in [-0.15, -0.1) is 0 Å². The molecule has 41 heavy (non-hydrogen) atoms. The fourth-order valence-electron chi connectivity index (χ4n) is 4.38. The van der Waals surface area contributed by atoms with Crippen LogP contribution < -0.4 is 9.62 Å². The number of hydrogen-bond donors (Lipinski definition) is 1. The number of hydrogen-bond acceptors (Lipinski definition) is 4. The van der Waals surface area contributed by atoms with Gasteiger partial charge < -0.3 is 10.2 Å². The molecule has 3 aromatic carbocycles. The highest BCUT2D eigenvalue weighted by molar-refractivity contribution is 7.92. The Morgan fingerprint density at radius 1 is 0.878 bits per heavy atom. The van der Waals surface area contributed by atoms with E-state index in [0.717, 1.165) is 11.8 Å². The molecule has 0 unspecified atom stereocenters. The van der Waals surface area contributed by atoms with Gasteiger partial charge in [0.1, 0.15) is 6.04 Å². The fraction of sp³-hybridized carbons (Fsp3) is 0.333. The first-order valence-electron chi connectivity index (χ1n) is 13.2.